The minimum atomic E-state index is -2.89. The smallest absolute Gasteiger partial charge is 0.151 e. The summed E-state index contributed by atoms with van der Waals surface area (Å²) in [5.74, 6) is 1.11. The van der Waals surface area contributed by atoms with Crippen LogP contribution in [0.25, 0.3) is 0 Å². The normalized spacial score (nSPS) is 24.2. The van der Waals surface area contributed by atoms with E-state index >= 15 is 0 Å². The van der Waals surface area contributed by atoms with Crippen LogP contribution in [0.2, 0.25) is 0 Å². The van der Waals surface area contributed by atoms with Crippen molar-refractivity contribution in [3.63, 3.8) is 0 Å². The van der Waals surface area contributed by atoms with E-state index in [1.165, 1.54) is 0 Å². The second-order valence-corrected chi connectivity index (χ2v) is 8.82. The van der Waals surface area contributed by atoms with Crippen molar-refractivity contribution in [3.8, 4) is 0 Å². The highest BCUT2D eigenvalue weighted by atomic mass is 32.2. The van der Waals surface area contributed by atoms with Crippen LogP contribution in [0.15, 0.2) is 0 Å². The Morgan fingerprint density at radius 2 is 1.85 bits per heavy atom. The van der Waals surface area contributed by atoms with Gasteiger partial charge in [0.1, 0.15) is 0 Å². The maximum absolute atomic E-state index is 11.8. The van der Waals surface area contributed by atoms with Crippen LogP contribution < -0.4 is 5.32 Å². The van der Waals surface area contributed by atoms with Gasteiger partial charge in [-0.2, -0.15) is 0 Å². The first-order valence-electron chi connectivity index (χ1n) is 7.99. The van der Waals surface area contributed by atoms with Crippen LogP contribution >= 0.6 is 0 Å². The molecule has 0 bridgehead atoms. The monoisotopic (exact) mass is 304 g/mol. The summed E-state index contributed by atoms with van der Waals surface area (Å²) in [5, 5.41) is 3.66. The number of sulfone groups is 1. The topological polar surface area (TPSA) is 49.4 Å². The molecule has 0 aromatic heterocycles. The van der Waals surface area contributed by atoms with Gasteiger partial charge in [0.2, 0.25) is 0 Å². The van der Waals surface area contributed by atoms with Crippen molar-refractivity contribution in [3.05, 3.63) is 0 Å². The number of hydrogen-bond acceptors (Lipinski definition) is 4. The lowest BCUT2D eigenvalue weighted by Gasteiger charge is -2.50. The predicted molar refractivity (Wildman–Crippen MR) is 85.8 cm³/mol. The van der Waals surface area contributed by atoms with Crippen molar-refractivity contribution in [1.29, 1.82) is 0 Å². The summed E-state index contributed by atoms with van der Waals surface area (Å²) in [6, 6.07) is 0.463. The van der Waals surface area contributed by atoms with E-state index in [1.807, 2.05) is 0 Å². The van der Waals surface area contributed by atoms with Gasteiger partial charge in [-0.25, -0.2) is 8.42 Å². The van der Waals surface area contributed by atoms with Crippen molar-refractivity contribution in [2.45, 2.75) is 59.0 Å². The van der Waals surface area contributed by atoms with Crippen molar-refractivity contribution in [2.75, 3.05) is 31.1 Å². The molecule has 0 aromatic rings. The van der Waals surface area contributed by atoms with Crippen molar-refractivity contribution >= 4 is 9.84 Å². The van der Waals surface area contributed by atoms with E-state index in [9.17, 15) is 8.42 Å². The molecule has 4 nitrogen and oxygen atoms in total. The molecule has 1 aliphatic rings. The summed E-state index contributed by atoms with van der Waals surface area (Å²) >= 11 is 0. The molecule has 0 aliphatic carbocycles. The molecule has 0 amide bonds. The van der Waals surface area contributed by atoms with Gasteiger partial charge in [0, 0.05) is 37.0 Å². The van der Waals surface area contributed by atoms with Gasteiger partial charge in [-0.15, -0.1) is 0 Å². The highest BCUT2D eigenvalue weighted by molar-refractivity contribution is 7.91. The van der Waals surface area contributed by atoms with Gasteiger partial charge in [-0.1, -0.05) is 34.6 Å². The molecule has 1 fully saturated rings. The van der Waals surface area contributed by atoms with Crippen LogP contribution in [0, 0.1) is 5.92 Å². The molecule has 120 valence electrons. The van der Waals surface area contributed by atoms with E-state index < -0.39 is 9.84 Å². The third kappa shape index (κ3) is 4.18. The van der Waals surface area contributed by atoms with Crippen LogP contribution in [-0.4, -0.2) is 56.0 Å². The number of piperazine rings is 1. The molecule has 1 N–H and O–H groups in total. The molecule has 20 heavy (non-hydrogen) atoms. The molecule has 0 spiro atoms. The number of rotatable bonds is 7. The van der Waals surface area contributed by atoms with Crippen molar-refractivity contribution in [1.82, 2.24) is 10.2 Å². The standard InChI is InChI=1S/C15H32N2O2S/c1-6-15(7-2)12-16-14(13(4)5)11-17(15)9-10-20(18,19)8-3/h13-14,16H,6-12H2,1-5H3. The molecule has 0 saturated carbocycles. The number of nitrogens with one attached hydrogen (secondary N) is 1. The Balaban J connectivity index is 2.82. The molecule has 1 atom stereocenters. The van der Waals surface area contributed by atoms with Crippen LogP contribution in [-0.2, 0) is 9.84 Å². The SMILES string of the molecule is CCC1(CC)CNC(C(C)C)CN1CCS(=O)(=O)CC. The molecule has 1 rings (SSSR count). The van der Waals surface area contributed by atoms with E-state index in [4.69, 9.17) is 0 Å². The average molecular weight is 305 g/mol. The van der Waals surface area contributed by atoms with Gasteiger partial charge < -0.3 is 5.32 Å². The zero-order chi connectivity index (χ0) is 15.4. The van der Waals surface area contributed by atoms with E-state index in [-0.39, 0.29) is 17.0 Å². The quantitative estimate of drug-likeness (QED) is 0.780. The number of hydrogen-bond donors (Lipinski definition) is 1. The first-order valence-corrected chi connectivity index (χ1v) is 9.81. The summed E-state index contributed by atoms with van der Waals surface area (Å²) in [4.78, 5) is 2.43. The molecular weight excluding hydrogens is 272 g/mol. The van der Waals surface area contributed by atoms with E-state index in [1.54, 1.807) is 6.92 Å². The Morgan fingerprint density at radius 1 is 1.25 bits per heavy atom. The minimum absolute atomic E-state index is 0.120. The summed E-state index contributed by atoms with van der Waals surface area (Å²) in [5.41, 5.74) is 0.120. The van der Waals surface area contributed by atoms with E-state index in [2.05, 4.69) is 37.9 Å². The predicted octanol–water partition coefficient (Wildman–Crippen LogP) is 1.91. The summed E-state index contributed by atoms with van der Waals surface area (Å²) in [7, 11) is -2.89. The Morgan fingerprint density at radius 3 is 2.30 bits per heavy atom. The Labute approximate surface area is 125 Å². The third-order valence-electron chi connectivity index (χ3n) is 5.01. The largest absolute Gasteiger partial charge is 0.311 e. The summed E-state index contributed by atoms with van der Waals surface area (Å²) in [6.45, 7) is 13.2. The van der Waals surface area contributed by atoms with Crippen LogP contribution in [0.3, 0.4) is 0 Å². The van der Waals surface area contributed by atoms with Gasteiger partial charge in [0.15, 0.2) is 9.84 Å². The fraction of sp³-hybridized carbons (Fsp3) is 1.00. The molecule has 1 aliphatic heterocycles. The second-order valence-electron chi connectivity index (χ2n) is 6.35. The molecule has 1 unspecified atom stereocenters. The minimum Gasteiger partial charge on any atom is -0.311 e. The molecule has 0 radical (unpaired) electrons. The zero-order valence-electron chi connectivity index (χ0n) is 13.8. The number of nitrogens with zero attached hydrogens (tertiary/aromatic N) is 1. The van der Waals surface area contributed by atoms with Crippen LogP contribution in [0.1, 0.15) is 47.5 Å². The fourth-order valence-corrected chi connectivity index (χ4v) is 3.83. The maximum Gasteiger partial charge on any atom is 0.151 e. The van der Waals surface area contributed by atoms with Crippen molar-refractivity contribution < 1.29 is 8.42 Å². The summed E-state index contributed by atoms with van der Waals surface area (Å²) in [6.07, 6.45) is 2.13. The van der Waals surface area contributed by atoms with E-state index in [0.29, 0.717) is 18.5 Å². The van der Waals surface area contributed by atoms with Gasteiger partial charge in [-0.3, -0.25) is 4.90 Å². The van der Waals surface area contributed by atoms with Crippen molar-refractivity contribution in [2.24, 2.45) is 5.92 Å². The summed E-state index contributed by atoms with van der Waals surface area (Å²) < 4.78 is 23.6. The zero-order valence-corrected chi connectivity index (χ0v) is 14.6. The van der Waals surface area contributed by atoms with Gasteiger partial charge in [0.05, 0.1) is 5.75 Å². The Hall–Kier alpha value is -0.130. The van der Waals surface area contributed by atoms with Gasteiger partial charge >= 0.3 is 0 Å². The first kappa shape index (κ1) is 17.9. The van der Waals surface area contributed by atoms with E-state index in [0.717, 1.165) is 25.9 Å². The fourth-order valence-electron chi connectivity index (χ4n) is 3.04. The Kier molecular flexibility index (Phi) is 6.48. The third-order valence-corrected chi connectivity index (χ3v) is 6.70. The Bertz CT molecular complexity index is 389. The van der Waals surface area contributed by atoms with Gasteiger partial charge in [-0.05, 0) is 18.8 Å². The first-order chi connectivity index (χ1) is 9.30. The maximum atomic E-state index is 11.8. The van der Waals surface area contributed by atoms with Gasteiger partial charge in [0.25, 0.3) is 0 Å². The lowest BCUT2D eigenvalue weighted by atomic mass is 9.85. The highest BCUT2D eigenvalue weighted by Crippen LogP contribution is 2.28. The molecular formula is C15H32N2O2S. The second kappa shape index (κ2) is 7.23. The molecule has 5 heteroatoms. The lowest BCUT2D eigenvalue weighted by Crippen LogP contribution is -2.65. The molecule has 1 heterocycles. The van der Waals surface area contributed by atoms with Crippen LogP contribution in [0.4, 0.5) is 0 Å². The lowest BCUT2D eigenvalue weighted by molar-refractivity contribution is 0.0277. The average Bonchev–Trinajstić information content (AvgIpc) is 2.44. The molecule has 0 aromatic carbocycles. The molecule has 1 saturated heterocycles. The van der Waals surface area contributed by atoms with Crippen LogP contribution in [0.5, 0.6) is 0 Å². The highest BCUT2D eigenvalue weighted by Gasteiger charge is 2.39.